The molecule has 0 radical (unpaired) electrons. The van der Waals surface area contributed by atoms with E-state index in [1.165, 1.54) is 11.3 Å². The second-order valence-electron chi connectivity index (χ2n) is 7.57. The minimum Gasteiger partial charge on any atom is -0.488 e. The number of fused-ring (bicyclic) bond motifs is 2. The van der Waals surface area contributed by atoms with Gasteiger partial charge in [0.25, 0.3) is 0 Å². The number of ether oxygens (including phenoxy) is 1. The molecule has 4 heterocycles. The summed E-state index contributed by atoms with van der Waals surface area (Å²) in [7, 11) is 2.18. The van der Waals surface area contributed by atoms with Crippen LogP contribution in [0.15, 0.2) is 42.7 Å². The van der Waals surface area contributed by atoms with Crippen LogP contribution in [0.3, 0.4) is 0 Å². The van der Waals surface area contributed by atoms with E-state index < -0.39 is 0 Å². The van der Waals surface area contributed by atoms with Crippen LogP contribution in [0.2, 0.25) is 0 Å². The maximum absolute atomic E-state index is 6.11. The maximum Gasteiger partial charge on any atom is 0.137 e. The summed E-state index contributed by atoms with van der Waals surface area (Å²) in [5.41, 5.74) is 6.67. The zero-order valence-corrected chi connectivity index (χ0v) is 15.9. The number of pyridine rings is 1. The average Bonchev–Trinajstić information content (AvgIpc) is 3.11. The Hall–Kier alpha value is -2.79. The molecule has 0 unspecified atom stereocenters. The largest absolute Gasteiger partial charge is 0.488 e. The topological polar surface area (TPSA) is 33.0 Å². The highest BCUT2D eigenvalue weighted by molar-refractivity contribution is 5.85. The fraction of sp³-hybridized carbons (Fsp3) is 0.318. The van der Waals surface area contributed by atoms with Crippen LogP contribution >= 0.6 is 0 Å². The summed E-state index contributed by atoms with van der Waals surface area (Å²) in [6, 6.07) is 10.7. The van der Waals surface area contributed by atoms with Gasteiger partial charge in [-0.05, 0) is 43.8 Å². The molecule has 2 aromatic heterocycles. The highest BCUT2D eigenvalue weighted by atomic mass is 16.5. The van der Waals surface area contributed by atoms with Gasteiger partial charge in [-0.2, -0.15) is 0 Å². The minimum absolute atomic E-state index is 0.558. The van der Waals surface area contributed by atoms with E-state index in [1.54, 1.807) is 0 Å². The molecule has 5 rings (SSSR count). The Morgan fingerprint density at radius 3 is 2.70 bits per heavy atom. The van der Waals surface area contributed by atoms with E-state index in [2.05, 4.69) is 77.0 Å². The summed E-state index contributed by atoms with van der Waals surface area (Å²) in [6.07, 6.45) is 6.40. The van der Waals surface area contributed by atoms with Crippen LogP contribution in [0.1, 0.15) is 16.8 Å². The third kappa shape index (κ3) is 3.08. The Morgan fingerprint density at radius 1 is 1.00 bits per heavy atom. The number of imidazole rings is 1. The molecule has 1 fully saturated rings. The SMILES string of the molecule is Cc1ccc2nc(C3=Cc4ccc(N5CCN(C)CC5)cc4OC3)cn2c1. The molecule has 3 aromatic rings. The highest BCUT2D eigenvalue weighted by Gasteiger charge is 2.19. The number of hydrogen-bond acceptors (Lipinski definition) is 4. The first-order chi connectivity index (χ1) is 13.2. The van der Waals surface area contributed by atoms with Gasteiger partial charge < -0.3 is 18.9 Å². The molecule has 1 aromatic carbocycles. The number of rotatable bonds is 2. The van der Waals surface area contributed by atoms with Crippen molar-refractivity contribution in [3.8, 4) is 5.75 Å². The molecular formula is C22H24N4O. The summed E-state index contributed by atoms with van der Waals surface area (Å²) in [5.74, 6) is 0.967. The fourth-order valence-electron chi connectivity index (χ4n) is 3.82. The van der Waals surface area contributed by atoms with Crippen molar-refractivity contribution >= 4 is 23.0 Å². The molecule has 138 valence electrons. The van der Waals surface area contributed by atoms with E-state index in [-0.39, 0.29) is 0 Å². The molecule has 0 aliphatic carbocycles. The molecule has 2 aliphatic heterocycles. The number of aryl methyl sites for hydroxylation is 1. The molecule has 1 saturated heterocycles. The molecule has 0 bridgehead atoms. The standard InChI is InChI=1S/C22H24N4O/c1-16-3-6-22-23-20(14-26(22)13-16)18-11-17-4-5-19(12-21(17)27-15-18)25-9-7-24(2)8-10-25/h3-6,11-14H,7-10,15H2,1-2H3. The van der Waals surface area contributed by atoms with Crippen LogP contribution in [-0.4, -0.2) is 54.1 Å². The third-order valence-corrected chi connectivity index (χ3v) is 5.51. The van der Waals surface area contributed by atoms with Crippen LogP contribution in [0, 0.1) is 6.92 Å². The van der Waals surface area contributed by atoms with Gasteiger partial charge in [0, 0.05) is 61.5 Å². The van der Waals surface area contributed by atoms with Crippen LogP contribution in [0.4, 0.5) is 5.69 Å². The van der Waals surface area contributed by atoms with Gasteiger partial charge in [0.2, 0.25) is 0 Å². The van der Waals surface area contributed by atoms with Crippen LogP contribution in [0.5, 0.6) is 5.75 Å². The zero-order chi connectivity index (χ0) is 18.4. The van der Waals surface area contributed by atoms with Gasteiger partial charge in [0.15, 0.2) is 0 Å². The quantitative estimate of drug-likeness (QED) is 0.702. The van der Waals surface area contributed by atoms with Gasteiger partial charge in [-0.1, -0.05) is 6.07 Å². The molecule has 2 aliphatic rings. The van der Waals surface area contributed by atoms with E-state index in [0.717, 1.165) is 54.4 Å². The average molecular weight is 360 g/mol. The van der Waals surface area contributed by atoms with Crippen molar-refractivity contribution in [2.75, 3.05) is 44.7 Å². The predicted octanol–water partition coefficient (Wildman–Crippen LogP) is 3.33. The predicted molar refractivity (Wildman–Crippen MR) is 109 cm³/mol. The summed E-state index contributed by atoms with van der Waals surface area (Å²) < 4.78 is 8.19. The number of piperazine rings is 1. The molecule has 0 saturated carbocycles. The molecule has 5 heteroatoms. The summed E-state index contributed by atoms with van der Waals surface area (Å²) >= 11 is 0. The van der Waals surface area contributed by atoms with E-state index in [4.69, 9.17) is 9.72 Å². The monoisotopic (exact) mass is 360 g/mol. The van der Waals surface area contributed by atoms with Crippen molar-refractivity contribution in [1.82, 2.24) is 14.3 Å². The summed E-state index contributed by atoms with van der Waals surface area (Å²) in [5, 5.41) is 0. The fourth-order valence-corrected chi connectivity index (χ4v) is 3.82. The Morgan fingerprint density at radius 2 is 1.85 bits per heavy atom. The lowest BCUT2D eigenvalue weighted by molar-refractivity contribution is 0.312. The maximum atomic E-state index is 6.11. The van der Waals surface area contributed by atoms with Gasteiger partial charge in [0.1, 0.15) is 18.0 Å². The number of nitrogens with zero attached hydrogens (tertiary/aromatic N) is 4. The van der Waals surface area contributed by atoms with Gasteiger partial charge in [-0.3, -0.25) is 0 Å². The first kappa shape index (κ1) is 16.4. The van der Waals surface area contributed by atoms with Crippen LogP contribution in [-0.2, 0) is 0 Å². The van der Waals surface area contributed by atoms with Crippen molar-refractivity contribution in [3.05, 3.63) is 59.5 Å². The first-order valence-electron chi connectivity index (χ1n) is 9.52. The Balaban J connectivity index is 1.43. The molecular weight excluding hydrogens is 336 g/mol. The summed E-state index contributed by atoms with van der Waals surface area (Å²) in [6.45, 7) is 7.00. The van der Waals surface area contributed by atoms with Gasteiger partial charge >= 0.3 is 0 Å². The molecule has 0 atom stereocenters. The normalized spacial score (nSPS) is 17.6. The van der Waals surface area contributed by atoms with Crippen molar-refractivity contribution in [2.24, 2.45) is 0 Å². The molecule has 5 nitrogen and oxygen atoms in total. The van der Waals surface area contributed by atoms with E-state index in [0.29, 0.717) is 6.61 Å². The number of likely N-dealkylation sites (N-methyl/N-ethyl adjacent to an activating group) is 1. The van der Waals surface area contributed by atoms with Crippen molar-refractivity contribution in [1.29, 1.82) is 0 Å². The zero-order valence-electron chi connectivity index (χ0n) is 15.9. The Labute approximate surface area is 159 Å². The Bertz CT molecular complexity index is 1030. The van der Waals surface area contributed by atoms with Gasteiger partial charge in [-0.15, -0.1) is 0 Å². The van der Waals surface area contributed by atoms with E-state index in [9.17, 15) is 0 Å². The van der Waals surface area contributed by atoms with Gasteiger partial charge in [0.05, 0.1) is 5.69 Å². The Kier molecular flexibility index (Phi) is 3.90. The third-order valence-electron chi connectivity index (χ3n) is 5.51. The summed E-state index contributed by atoms with van der Waals surface area (Å²) in [4.78, 5) is 9.56. The van der Waals surface area contributed by atoms with E-state index >= 15 is 0 Å². The molecule has 27 heavy (non-hydrogen) atoms. The smallest absolute Gasteiger partial charge is 0.137 e. The van der Waals surface area contributed by atoms with Crippen LogP contribution in [0.25, 0.3) is 17.3 Å². The van der Waals surface area contributed by atoms with Crippen LogP contribution < -0.4 is 9.64 Å². The minimum atomic E-state index is 0.558. The van der Waals surface area contributed by atoms with E-state index in [1.807, 2.05) is 0 Å². The lowest BCUT2D eigenvalue weighted by Gasteiger charge is -2.34. The second-order valence-corrected chi connectivity index (χ2v) is 7.57. The molecule has 0 N–H and O–H groups in total. The number of anilines is 1. The molecule has 0 spiro atoms. The second kappa shape index (κ2) is 6.43. The van der Waals surface area contributed by atoms with Gasteiger partial charge in [-0.25, -0.2) is 4.98 Å². The lowest BCUT2D eigenvalue weighted by atomic mass is 10.0. The number of hydrogen-bond donors (Lipinski definition) is 0. The number of benzene rings is 1. The number of aromatic nitrogens is 2. The molecule has 0 amide bonds. The lowest BCUT2D eigenvalue weighted by Crippen LogP contribution is -2.44. The van der Waals surface area contributed by atoms with Crippen molar-refractivity contribution in [2.45, 2.75) is 6.92 Å². The highest BCUT2D eigenvalue weighted by Crippen LogP contribution is 2.33. The van der Waals surface area contributed by atoms with Crippen molar-refractivity contribution < 1.29 is 4.74 Å². The first-order valence-corrected chi connectivity index (χ1v) is 9.52. The van der Waals surface area contributed by atoms with Crippen molar-refractivity contribution in [3.63, 3.8) is 0 Å².